The van der Waals surface area contributed by atoms with Crippen molar-refractivity contribution in [3.05, 3.63) is 28.8 Å². The van der Waals surface area contributed by atoms with E-state index in [0.717, 1.165) is 11.3 Å². The Morgan fingerprint density at radius 2 is 1.89 bits per heavy atom. The zero-order chi connectivity index (χ0) is 13.7. The Hall–Kier alpha value is -1.06. The molecule has 1 rings (SSSR count). The summed E-state index contributed by atoms with van der Waals surface area (Å²) in [7, 11) is 0. The van der Waals surface area contributed by atoms with Gasteiger partial charge in [0.25, 0.3) is 0 Å². The van der Waals surface area contributed by atoms with Crippen molar-refractivity contribution in [2.75, 3.05) is 13.2 Å². The molecule has 102 valence electrons. The molecule has 0 fully saturated rings. The highest BCUT2D eigenvalue weighted by atomic mass is 16.5. The zero-order valence-corrected chi connectivity index (χ0v) is 12.1. The fourth-order valence-corrected chi connectivity index (χ4v) is 1.77. The van der Waals surface area contributed by atoms with Gasteiger partial charge in [-0.25, -0.2) is 0 Å². The van der Waals surface area contributed by atoms with Crippen LogP contribution >= 0.6 is 0 Å². The number of benzene rings is 1. The number of aliphatic hydroxyl groups excluding tert-OH is 1. The molecule has 0 saturated carbocycles. The molecule has 1 atom stereocenters. The highest BCUT2D eigenvalue weighted by molar-refractivity contribution is 5.41. The van der Waals surface area contributed by atoms with E-state index in [9.17, 15) is 5.11 Å². The quantitative estimate of drug-likeness (QED) is 0.815. The van der Waals surface area contributed by atoms with Crippen LogP contribution in [0.3, 0.4) is 0 Å². The second-order valence-electron chi connectivity index (χ2n) is 5.23. The molecule has 2 N–H and O–H groups in total. The molecule has 0 radical (unpaired) electrons. The Bertz CT molecular complexity index is 388. The fraction of sp³-hybridized carbons (Fsp3) is 0.600. The molecule has 3 nitrogen and oxygen atoms in total. The van der Waals surface area contributed by atoms with Gasteiger partial charge in [-0.3, -0.25) is 0 Å². The average Bonchev–Trinajstić information content (AvgIpc) is 2.29. The molecule has 0 aliphatic heterocycles. The van der Waals surface area contributed by atoms with Gasteiger partial charge in [0, 0.05) is 12.6 Å². The molecule has 0 heterocycles. The van der Waals surface area contributed by atoms with Gasteiger partial charge in [0.15, 0.2) is 0 Å². The van der Waals surface area contributed by atoms with Gasteiger partial charge in [0.1, 0.15) is 18.5 Å². The maximum Gasteiger partial charge on any atom is 0.122 e. The van der Waals surface area contributed by atoms with E-state index >= 15 is 0 Å². The monoisotopic (exact) mass is 251 g/mol. The summed E-state index contributed by atoms with van der Waals surface area (Å²) in [6.07, 6.45) is -0.479. The molecule has 1 unspecified atom stereocenters. The summed E-state index contributed by atoms with van der Waals surface area (Å²) in [4.78, 5) is 0. The molecule has 0 bridgehead atoms. The molecule has 1 aromatic carbocycles. The Morgan fingerprint density at radius 1 is 1.22 bits per heavy atom. The predicted molar refractivity (Wildman–Crippen MR) is 75.3 cm³/mol. The first-order valence-electron chi connectivity index (χ1n) is 6.52. The molecule has 18 heavy (non-hydrogen) atoms. The molecule has 0 spiro atoms. The molecule has 1 aromatic rings. The van der Waals surface area contributed by atoms with Crippen LogP contribution in [0.25, 0.3) is 0 Å². The molecule has 0 saturated heterocycles. The Labute approximate surface area is 110 Å². The van der Waals surface area contributed by atoms with E-state index in [1.807, 2.05) is 13.0 Å². The van der Waals surface area contributed by atoms with Crippen molar-refractivity contribution in [2.45, 2.75) is 46.8 Å². The van der Waals surface area contributed by atoms with Crippen molar-refractivity contribution in [2.24, 2.45) is 0 Å². The summed E-state index contributed by atoms with van der Waals surface area (Å²) in [5.41, 5.74) is 3.55. The van der Waals surface area contributed by atoms with E-state index in [2.05, 4.69) is 39.1 Å². The van der Waals surface area contributed by atoms with Crippen LogP contribution in [0.5, 0.6) is 5.75 Å². The van der Waals surface area contributed by atoms with Crippen LogP contribution in [-0.4, -0.2) is 30.4 Å². The number of hydrogen-bond donors (Lipinski definition) is 2. The third-order valence-electron chi connectivity index (χ3n) is 2.96. The largest absolute Gasteiger partial charge is 0.491 e. The van der Waals surface area contributed by atoms with Crippen molar-refractivity contribution < 1.29 is 9.84 Å². The van der Waals surface area contributed by atoms with Crippen LogP contribution in [0.1, 0.15) is 30.5 Å². The van der Waals surface area contributed by atoms with Crippen molar-refractivity contribution in [3.63, 3.8) is 0 Å². The van der Waals surface area contributed by atoms with Crippen molar-refractivity contribution in [3.8, 4) is 5.75 Å². The topological polar surface area (TPSA) is 41.5 Å². The first-order valence-corrected chi connectivity index (χ1v) is 6.52. The summed E-state index contributed by atoms with van der Waals surface area (Å²) in [6, 6.07) is 4.53. The van der Waals surface area contributed by atoms with Crippen LogP contribution in [-0.2, 0) is 0 Å². The maximum atomic E-state index is 9.80. The summed E-state index contributed by atoms with van der Waals surface area (Å²) in [5.74, 6) is 0.871. The number of hydrogen-bond acceptors (Lipinski definition) is 3. The van der Waals surface area contributed by atoms with Crippen LogP contribution < -0.4 is 10.1 Å². The van der Waals surface area contributed by atoms with E-state index in [-0.39, 0.29) is 0 Å². The average molecular weight is 251 g/mol. The first kappa shape index (κ1) is 15.0. The van der Waals surface area contributed by atoms with Gasteiger partial charge in [-0.2, -0.15) is 0 Å². The molecule has 0 aliphatic rings. The van der Waals surface area contributed by atoms with Crippen molar-refractivity contribution in [1.29, 1.82) is 0 Å². The summed E-state index contributed by atoms with van der Waals surface area (Å²) in [6.45, 7) is 11.2. The Balaban J connectivity index is 2.53. The molecule has 0 aromatic heterocycles. The van der Waals surface area contributed by atoms with E-state index in [4.69, 9.17) is 4.74 Å². The number of ether oxygens (including phenoxy) is 1. The summed E-state index contributed by atoms with van der Waals surface area (Å²) < 4.78 is 5.70. The van der Waals surface area contributed by atoms with E-state index < -0.39 is 6.10 Å². The minimum absolute atomic E-state index is 0.323. The Morgan fingerprint density at radius 3 is 2.50 bits per heavy atom. The van der Waals surface area contributed by atoms with Crippen LogP contribution in [0, 0.1) is 20.8 Å². The molecule has 0 amide bonds. The molecular formula is C15H25NO2. The van der Waals surface area contributed by atoms with Gasteiger partial charge in [-0.1, -0.05) is 19.9 Å². The zero-order valence-electron chi connectivity index (χ0n) is 12.1. The molecular weight excluding hydrogens is 226 g/mol. The molecule has 3 heteroatoms. The lowest BCUT2D eigenvalue weighted by Gasteiger charge is -2.17. The maximum absolute atomic E-state index is 9.80. The lowest BCUT2D eigenvalue weighted by atomic mass is 10.1. The summed E-state index contributed by atoms with van der Waals surface area (Å²) >= 11 is 0. The van der Waals surface area contributed by atoms with Gasteiger partial charge in [-0.05, 0) is 43.5 Å². The standard InChI is InChI=1S/C15H25NO2/c1-10(2)16-8-14(17)9-18-15-7-11(3)6-12(4)13(15)5/h6-7,10,14,16-17H,8-9H2,1-5H3. The van der Waals surface area contributed by atoms with Crippen LogP contribution in [0.2, 0.25) is 0 Å². The number of rotatable bonds is 6. The van der Waals surface area contributed by atoms with E-state index in [1.54, 1.807) is 0 Å². The van der Waals surface area contributed by atoms with Crippen LogP contribution in [0.15, 0.2) is 12.1 Å². The normalized spacial score (nSPS) is 12.8. The van der Waals surface area contributed by atoms with Crippen molar-refractivity contribution >= 4 is 0 Å². The van der Waals surface area contributed by atoms with Gasteiger partial charge in [-0.15, -0.1) is 0 Å². The summed E-state index contributed by atoms with van der Waals surface area (Å²) in [5, 5.41) is 13.0. The van der Waals surface area contributed by atoms with Gasteiger partial charge in [0.2, 0.25) is 0 Å². The SMILES string of the molecule is Cc1cc(C)c(C)c(OCC(O)CNC(C)C)c1. The van der Waals surface area contributed by atoms with Gasteiger partial charge in [0.05, 0.1) is 0 Å². The molecule has 0 aliphatic carbocycles. The lowest BCUT2D eigenvalue weighted by molar-refractivity contribution is 0.104. The lowest BCUT2D eigenvalue weighted by Crippen LogP contribution is -2.35. The Kier molecular flexibility index (Phi) is 5.63. The number of aryl methyl sites for hydroxylation is 2. The minimum atomic E-state index is -0.479. The minimum Gasteiger partial charge on any atom is -0.491 e. The predicted octanol–water partition coefficient (Wildman–Crippen LogP) is 2.35. The second-order valence-corrected chi connectivity index (χ2v) is 5.23. The number of aliphatic hydroxyl groups is 1. The number of nitrogens with one attached hydrogen (secondary N) is 1. The smallest absolute Gasteiger partial charge is 0.122 e. The van der Waals surface area contributed by atoms with Gasteiger partial charge >= 0.3 is 0 Å². The van der Waals surface area contributed by atoms with Crippen LogP contribution in [0.4, 0.5) is 0 Å². The fourth-order valence-electron chi connectivity index (χ4n) is 1.77. The van der Waals surface area contributed by atoms with Gasteiger partial charge < -0.3 is 15.2 Å². The van der Waals surface area contributed by atoms with E-state index in [1.165, 1.54) is 11.1 Å². The van der Waals surface area contributed by atoms with E-state index in [0.29, 0.717) is 19.2 Å². The van der Waals surface area contributed by atoms with Crippen molar-refractivity contribution in [1.82, 2.24) is 5.32 Å². The highest BCUT2D eigenvalue weighted by Gasteiger charge is 2.08. The third-order valence-corrected chi connectivity index (χ3v) is 2.96. The second kappa shape index (κ2) is 6.76. The third kappa shape index (κ3) is 4.67. The highest BCUT2D eigenvalue weighted by Crippen LogP contribution is 2.23. The first-order chi connectivity index (χ1) is 8.40.